The Balaban J connectivity index is 1.67. The molecule has 2 aromatic carbocycles. The van der Waals surface area contributed by atoms with Crippen molar-refractivity contribution in [2.45, 2.75) is 24.6 Å². The molecule has 2 bridgehead atoms. The summed E-state index contributed by atoms with van der Waals surface area (Å²) in [5, 5.41) is 0. The van der Waals surface area contributed by atoms with Gasteiger partial charge in [0.25, 0.3) is 0 Å². The van der Waals surface area contributed by atoms with Crippen LogP contribution < -0.4 is 16.1 Å². The molecule has 4 aliphatic rings. The van der Waals surface area contributed by atoms with Crippen LogP contribution in [0.25, 0.3) is 5.69 Å². The number of Topliss-reactive ketones (excluding diaryl/α,β-unsaturated/α-hetero) is 1. The summed E-state index contributed by atoms with van der Waals surface area (Å²) in [6.45, 7) is 0. The van der Waals surface area contributed by atoms with Crippen LogP contribution in [-0.2, 0) is 5.72 Å². The number of nitrogens with zero attached hydrogens (tertiary/aromatic N) is 3. The van der Waals surface area contributed by atoms with Gasteiger partial charge < -0.3 is 4.74 Å². The van der Waals surface area contributed by atoms with E-state index in [1.807, 2.05) is 6.07 Å². The van der Waals surface area contributed by atoms with Gasteiger partial charge in [0.2, 0.25) is 5.72 Å². The second-order valence-electron chi connectivity index (χ2n) is 7.29. The smallest absolute Gasteiger partial charge is 0.355 e. The molecule has 1 spiro atoms. The van der Waals surface area contributed by atoms with Crippen molar-refractivity contribution in [3.8, 4) is 11.4 Å². The van der Waals surface area contributed by atoms with Crippen LogP contribution >= 0.6 is 0 Å². The zero-order chi connectivity index (χ0) is 19.0. The van der Waals surface area contributed by atoms with E-state index in [9.17, 15) is 14.4 Å². The molecule has 0 saturated carbocycles. The number of allylic oxidation sites excluding steroid dienone is 1. The standard InChI is InChI=1S/C21H15N3O4/c25-18-15-8-4-5-9-17(15)28-21-11-10-14(12-16(18)21)23-19(26)22(20(27)24(21)23)13-6-2-1-3-7-13/h1-9,12,14H,10-11H2/t14-,21-/m1/s1. The molecular formula is C21H15N3O4. The third kappa shape index (κ3) is 1.67. The van der Waals surface area contributed by atoms with Crippen LogP contribution in [0.1, 0.15) is 29.2 Å². The Kier molecular flexibility index (Phi) is 2.76. The summed E-state index contributed by atoms with van der Waals surface area (Å²) < 4.78 is 10.2. The molecule has 0 saturated heterocycles. The molecule has 1 aromatic heterocycles. The van der Waals surface area contributed by atoms with Crippen LogP contribution in [0.15, 0.2) is 75.8 Å². The quantitative estimate of drug-likeness (QED) is 0.654. The van der Waals surface area contributed by atoms with Gasteiger partial charge in [-0.2, -0.15) is 4.68 Å². The van der Waals surface area contributed by atoms with E-state index in [0.717, 1.165) is 4.57 Å². The number of ether oxygens (including phenoxy) is 1. The minimum Gasteiger partial charge on any atom is -0.461 e. The number of carbonyl (C=O) groups is 1. The predicted octanol–water partition coefficient (Wildman–Crippen LogP) is 2.00. The first kappa shape index (κ1) is 15.4. The van der Waals surface area contributed by atoms with Crippen molar-refractivity contribution in [2.75, 3.05) is 0 Å². The van der Waals surface area contributed by atoms with Crippen LogP contribution in [0.2, 0.25) is 0 Å². The van der Waals surface area contributed by atoms with Crippen molar-refractivity contribution in [1.82, 2.24) is 13.9 Å². The highest BCUT2D eigenvalue weighted by atomic mass is 16.5. The second-order valence-corrected chi connectivity index (χ2v) is 7.29. The third-order valence-electron chi connectivity index (χ3n) is 5.86. The first-order valence-corrected chi connectivity index (χ1v) is 9.19. The Morgan fingerprint density at radius 2 is 1.68 bits per heavy atom. The van der Waals surface area contributed by atoms with E-state index >= 15 is 0 Å². The van der Waals surface area contributed by atoms with Crippen molar-refractivity contribution >= 4 is 5.78 Å². The summed E-state index contributed by atoms with van der Waals surface area (Å²) in [5.74, 6) is 0.285. The van der Waals surface area contributed by atoms with Crippen molar-refractivity contribution in [1.29, 1.82) is 0 Å². The van der Waals surface area contributed by atoms with Gasteiger partial charge in [-0.3, -0.25) is 4.79 Å². The Bertz CT molecular complexity index is 1310. The Morgan fingerprint density at radius 1 is 0.929 bits per heavy atom. The Morgan fingerprint density at radius 3 is 2.50 bits per heavy atom. The van der Waals surface area contributed by atoms with Gasteiger partial charge >= 0.3 is 11.4 Å². The molecule has 138 valence electrons. The third-order valence-corrected chi connectivity index (χ3v) is 5.86. The molecule has 28 heavy (non-hydrogen) atoms. The summed E-state index contributed by atoms with van der Waals surface area (Å²) in [6, 6.07) is 15.5. The second kappa shape index (κ2) is 5.01. The van der Waals surface area contributed by atoms with E-state index in [1.54, 1.807) is 54.6 Å². The molecule has 3 aliphatic heterocycles. The van der Waals surface area contributed by atoms with E-state index in [2.05, 4.69) is 0 Å². The zero-order valence-electron chi connectivity index (χ0n) is 14.7. The topological polar surface area (TPSA) is 75.2 Å². The average Bonchev–Trinajstić information content (AvgIpc) is 3.01. The molecular weight excluding hydrogens is 358 g/mol. The number of ketones is 1. The molecule has 0 unspecified atom stereocenters. The van der Waals surface area contributed by atoms with Gasteiger partial charge in [-0.15, -0.1) is 0 Å². The van der Waals surface area contributed by atoms with Crippen LogP contribution in [0, 0.1) is 0 Å². The molecule has 0 N–H and O–H groups in total. The monoisotopic (exact) mass is 373 g/mol. The lowest BCUT2D eigenvalue weighted by molar-refractivity contribution is -0.0504. The van der Waals surface area contributed by atoms with E-state index in [4.69, 9.17) is 4.74 Å². The van der Waals surface area contributed by atoms with Gasteiger partial charge in [0.15, 0.2) is 5.78 Å². The lowest BCUT2D eigenvalue weighted by Gasteiger charge is -2.48. The zero-order valence-corrected chi connectivity index (χ0v) is 14.7. The molecule has 0 fully saturated rings. The molecule has 3 aromatic rings. The molecule has 7 nitrogen and oxygen atoms in total. The number of benzene rings is 2. The fourth-order valence-corrected chi connectivity index (χ4v) is 4.64. The number of hydrogen-bond acceptors (Lipinski definition) is 4. The fourth-order valence-electron chi connectivity index (χ4n) is 4.64. The largest absolute Gasteiger partial charge is 0.461 e. The Labute approximate surface area is 158 Å². The number of rotatable bonds is 1. The molecule has 0 radical (unpaired) electrons. The van der Waals surface area contributed by atoms with Gasteiger partial charge in [0.05, 0.1) is 22.9 Å². The van der Waals surface area contributed by atoms with Crippen molar-refractivity contribution in [2.24, 2.45) is 0 Å². The van der Waals surface area contributed by atoms with Gasteiger partial charge in [-0.05, 0) is 36.8 Å². The van der Waals surface area contributed by atoms with Gasteiger partial charge in [0.1, 0.15) is 5.75 Å². The molecule has 7 heteroatoms. The predicted molar refractivity (Wildman–Crippen MR) is 100 cm³/mol. The lowest BCUT2D eigenvalue weighted by Crippen LogP contribution is -2.59. The van der Waals surface area contributed by atoms with Crippen molar-refractivity contribution in [3.05, 3.63) is 92.8 Å². The van der Waals surface area contributed by atoms with Crippen LogP contribution in [-0.4, -0.2) is 19.7 Å². The molecule has 0 amide bonds. The minimum absolute atomic E-state index is 0.149. The number of fused-ring (bicyclic) bond motifs is 2. The highest BCUT2D eigenvalue weighted by molar-refractivity contribution is 6.12. The van der Waals surface area contributed by atoms with E-state index in [-0.39, 0.29) is 11.8 Å². The maximum atomic E-state index is 13.4. The van der Waals surface area contributed by atoms with Gasteiger partial charge in [-0.1, -0.05) is 30.3 Å². The number of carbonyl (C=O) groups excluding carboxylic acids is 1. The first-order chi connectivity index (χ1) is 13.6. The molecule has 1 aliphatic carbocycles. The molecule has 4 heterocycles. The minimum atomic E-state index is -1.28. The number of hydrogen-bond donors (Lipinski definition) is 0. The Hall–Kier alpha value is -3.61. The lowest BCUT2D eigenvalue weighted by atomic mass is 9.79. The van der Waals surface area contributed by atoms with Crippen LogP contribution in [0.4, 0.5) is 0 Å². The maximum Gasteiger partial charge on any atom is 0.355 e. The fraction of sp³-hybridized carbons (Fsp3) is 0.190. The molecule has 2 atom stereocenters. The summed E-state index contributed by atoms with van der Waals surface area (Å²) in [4.78, 5) is 39.7. The highest BCUT2D eigenvalue weighted by Crippen LogP contribution is 2.49. The number of aromatic nitrogens is 3. The van der Waals surface area contributed by atoms with E-state index < -0.39 is 17.1 Å². The van der Waals surface area contributed by atoms with Crippen LogP contribution in [0.5, 0.6) is 5.75 Å². The summed E-state index contributed by atoms with van der Waals surface area (Å²) in [6.07, 6.45) is 2.87. The van der Waals surface area contributed by atoms with Gasteiger partial charge in [-0.25, -0.2) is 18.8 Å². The van der Waals surface area contributed by atoms with Crippen LogP contribution in [0.3, 0.4) is 0 Å². The summed E-state index contributed by atoms with van der Waals surface area (Å²) in [5.41, 5.74) is -0.793. The highest BCUT2D eigenvalue weighted by Gasteiger charge is 2.56. The molecule has 7 rings (SSSR count). The maximum absolute atomic E-state index is 13.4. The average molecular weight is 373 g/mol. The van der Waals surface area contributed by atoms with E-state index in [1.165, 1.54) is 9.36 Å². The van der Waals surface area contributed by atoms with E-state index in [0.29, 0.717) is 35.4 Å². The summed E-state index contributed by atoms with van der Waals surface area (Å²) in [7, 11) is 0. The normalized spacial score (nSPS) is 24.1. The SMILES string of the molecule is O=C1C2=C[C@H]3CC[C@]2(Oc2ccccc21)n1c(=O)n(-c2ccccc2)c(=O)n13. The summed E-state index contributed by atoms with van der Waals surface area (Å²) >= 11 is 0. The van der Waals surface area contributed by atoms with Crippen molar-refractivity contribution < 1.29 is 9.53 Å². The van der Waals surface area contributed by atoms with Gasteiger partial charge in [0, 0.05) is 6.42 Å². The van der Waals surface area contributed by atoms with Crippen molar-refractivity contribution in [3.63, 3.8) is 0 Å². The number of para-hydroxylation sites is 2. The first-order valence-electron chi connectivity index (χ1n) is 9.19.